The van der Waals surface area contributed by atoms with Crippen LogP contribution in [0.2, 0.25) is 0 Å². The van der Waals surface area contributed by atoms with Gasteiger partial charge in [-0.05, 0) is 44.7 Å². The molecular formula is C22H27N3O3. The number of likely N-dealkylation sites (N-methyl/N-ethyl adjacent to an activating group) is 1. The Morgan fingerprint density at radius 2 is 1.93 bits per heavy atom. The fraction of sp³-hybridized carbons (Fsp3) is 0.364. The summed E-state index contributed by atoms with van der Waals surface area (Å²) in [6, 6.07) is 15.3. The van der Waals surface area contributed by atoms with E-state index < -0.39 is 0 Å². The van der Waals surface area contributed by atoms with E-state index in [4.69, 9.17) is 4.74 Å². The number of hydrogen-bond acceptors (Lipinski definition) is 4. The number of carbonyl (C=O) groups excluding carboxylic acids is 2. The van der Waals surface area contributed by atoms with Crippen LogP contribution in [0.1, 0.15) is 18.4 Å². The molecule has 2 aromatic carbocycles. The van der Waals surface area contributed by atoms with Gasteiger partial charge in [-0.1, -0.05) is 29.8 Å². The van der Waals surface area contributed by atoms with Gasteiger partial charge >= 0.3 is 0 Å². The number of amides is 2. The van der Waals surface area contributed by atoms with Crippen molar-refractivity contribution in [2.24, 2.45) is 0 Å². The molecule has 6 nitrogen and oxygen atoms in total. The quantitative estimate of drug-likeness (QED) is 0.763. The molecule has 1 fully saturated rings. The highest BCUT2D eigenvalue weighted by Crippen LogP contribution is 2.29. The molecule has 28 heavy (non-hydrogen) atoms. The standard InChI is InChI=1S/C22H27N3O3/c1-17-9-11-18(12-10-17)28-15-14-24(2)16-21(26)23-19-6-3-4-7-20(19)25-13-5-8-22(25)27/h3-4,6-7,9-12H,5,8,13-16H2,1-2H3,(H,23,26). The molecule has 148 valence electrons. The summed E-state index contributed by atoms with van der Waals surface area (Å²) in [4.78, 5) is 28.1. The number of rotatable bonds is 8. The van der Waals surface area contributed by atoms with Gasteiger partial charge in [-0.3, -0.25) is 14.5 Å². The van der Waals surface area contributed by atoms with Crippen molar-refractivity contribution in [3.8, 4) is 5.75 Å². The van der Waals surface area contributed by atoms with Crippen LogP contribution in [0.4, 0.5) is 11.4 Å². The van der Waals surface area contributed by atoms with Crippen molar-refractivity contribution in [3.05, 3.63) is 54.1 Å². The summed E-state index contributed by atoms with van der Waals surface area (Å²) in [5, 5.41) is 2.94. The number of para-hydroxylation sites is 2. The summed E-state index contributed by atoms with van der Waals surface area (Å²) < 4.78 is 5.71. The number of nitrogens with one attached hydrogen (secondary N) is 1. The van der Waals surface area contributed by atoms with E-state index in [1.807, 2.05) is 67.4 Å². The molecule has 0 aromatic heterocycles. The Balaban J connectivity index is 1.48. The number of aryl methyl sites for hydroxylation is 1. The second-order valence-corrected chi connectivity index (χ2v) is 7.11. The van der Waals surface area contributed by atoms with Crippen molar-refractivity contribution in [2.75, 3.05) is 43.5 Å². The summed E-state index contributed by atoms with van der Waals surface area (Å²) in [5.41, 5.74) is 2.63. The average molecular weight is 381 g/mol. The van der Waals surface area contributed by atoms with E-state index in [2.05, 4.69) is 5.32 Å². The zero-order chi connectivity index (χ0) is 19.9. The van der Waals surface area contributed by atoms with Crippen LogP contribution in [0.3, 0.4) is 0 Å². The van der Waals surface area contributed by atoms with Crippen molar-refractivity contribution < 1.29 is 14.3 Å². The van der Waals surface area contributed by atoms with E-state index >= 15 is 0 Å². The lowest BCUT2D eigenvalue weighted by atomic mass is 10.2. The highest BCUT2D eigenvalue weighted by molar-refractivity contribution is 6.02. The third-order valence-electron chi connectivity index (χ3n) is 4.72. The van der Waals surface area contributed by atoms with E-state index in [1.54, 1.807) is 4.90 Å². The molecule has 1 heterocycles. The van der Waals surface area contributed by atoms with Gasteiger partial charge < -0.3 is 15.0 Å². The first kappa shape index (κ1) is 19.9. The highest BCUT2D eigenvalue weighted by Gasteiger charge is 2.24. The molecule has 2 amide bonds. The molecule has 0 saturated carbocycles. The van der Waals surface area contributed by atoms with E-state index in [0.717, 1.165) is 17.9 Å². The van der Waals surface area contributed by atoms with Gasteiger partial charge in [0.25, 0.3) is 0 Å². The van der Waals surface area contributed by atoms with Gasteiger partial charge in [0.15, 0.2) is 0 Å². The van der Waals surface area contributed by atoms with Crippen molar-refractivity contribution >= 4 is 23.2 Å². The Labute approximate surface area is 166 Å². The minimum atomic E-state index is -0.114. The predicted molar refractivity (Wildman–Crippen MR) is 111 cm³/mol. The van der Waals surface area contributed by atoms with Crippen molar-refractivity contribution in [2.45, 2.75) is 19.8 Å². The summed E-state index contributed by atoms with van der Waals surface area (Å²) in [7, 11) is 1.88. The Morgan fingerprint density at radius 1 is 1.18 bits per heavy atom. The first-order valence-corrected chi connectivity index (χ1v) is 9.60. The summed E-state index contributed by atoms with van der Waals surface area (Å²) >= 11 is 0. The van der Waals surface area contributed by atoms with E-state index in [0.29, 0.717) is 31.8 Å². The van der Waals surface area contributed by atoms with Crippen molar-refractivity contribution in [1.29, 1.82) is 0 Å². The number of ether oxygens (including phenoxy) is 1. The van der Waals surface area contributed by atoms with Crippen LogP contribution in [0.5, 0.6) is 5.75 Å². The number of nitrogens with zero attached hydrogens (tertiary/aromatic N) is 2. The molecule has 1 saturated heterocycles. The number of benzene rings is 2. The number of carbonyl (C=O) groups is 2. The molecular weight excluding hydrogens is 354 g/mol. The fourth-order valence-electron chi connectivity index (χ4n) is 3.19. The Hall–Kier alpha value is -2.86. The zero-order valence-electron chi connectivity index (χ0n) is 16.5. The molecule has 0 radical (unpaired) electrons. The Morgan fingerprint density at radius 3 is 2.64 bits per heavy atom. The third kappa shape index (κ3) is 5.33. The third-order valence-corrected chi connectivity index (χ3v) is 4.72. The maximum absolute atomic E-state index is 12.4. The zero-order valence-corrected chi connectivity index (χ0v) is 16.5. The average Bonchev–Trinajstić information content (AvgIpc) is 3.09. The van der Waals surface area contributed by atoms with E-state index in [1.165, 1.54) is 5.56 Å². The van der Waals surface area contributed by atoms with Crippen LogP contribution in [0.25, 0.3) is 0 Å². The molecule has 0 bridgehead atoms. The van der Waals surface area contributed by atoms with Crippen LogP contribution in [-0.4, -0.2) is 50.0 Å². The maximum atomic E-state index is 12.4. The topological polar surface area (TPSA) is 61.9 Å². The summed E-state index contributed by atoms with van der Waals surface area (Å²) in [6.07, 6.45) is 1.41. The first-order valence-electron chi connectivity index (χ1n) is 9.60. The maximum Gasteiger partial charge on any atom is 0.238 e. The van der Waals surface area contributed by atoms with Crippen LogP contribution in [0, 0.1) is 6.92 Å². The van der Waals surface area contributed by atoms with E-state index in [9.17, 15) is 9.59 Å². The predicted octanol–water partition coefficient (Wildman–Crippen LogP) is 3.07. The number of anilines is 2. The van der Waals surface area contributed by atoms with Crippen molar-refractivity contribution in [3.63, 3.8) is 0 Å². The molecule has 0 spiro atoms. The van der Waals surface area contributed by atoms with Crippen LogP contribution >= 0.6 is 0 Å². The van der Waals surface area contributed by atoms with Gasteiger partial charge in [0.2, 0.25) is 11.8 Å². The van der Waals surface area contributed by atoms with Crippen LogP contribution < -0.4 is 15.0 Å². The minimum Gasteiger partial charge on any atom is -0.492 e. The van der Waals surface area contributed by atoms with Gasteiger partial charge in [0.1, 0.15) is 12.4 Å². The molecule has 1 N–H and O–H groups in total. The molecule has 0 atom stereocenters. The van der Waals surface area contributed by atoms with E-state index in [-0.39, 0.29) is 18.4 Å². The van der Waals surface area contributed by atoms with Gasteiger partial charge in [0.05, 0.1) is 17.9 Å². The molecule has 0 unspecified atom stereocenters. The lowest BCUT2D eigenvalue weighted by Crippen LogP contribution is -2.33. The van der Waals surface area contributed by atoms with Crippen molar-refractivity contribution in [1.82, 2.24) is 4.90 Å². The largest absolute Gasteiger partial charge is 0.492 e. The molecule has 3 rings (SSSR count). The summed E-state index contributed by atoms with van der Waals surface area (Å²) in [6.45, 7) is 4.12. The molecule has 2 aromatic rings. The van der Waals surface area contributed by atoms with Gasteiger partial charge in [-0.15, -0.1) is 0 Å². The highest BCUT2D eigenvalue weighted by atomic mass is 16.5. The van der Waals surface area contributed by atoms with Crippen LogP contribution in [0.15, 0.2) is 48.5 Å². The number of hydrogen-bond donors (Lipinski definition) is 1. The summed E-state index contributed by atoms with van der Waals surface area (Å²) in [5.74, 6) is 0.816. The second kappa shape index (κ2) is 9.37. The monoisotopic (exact) mass is 381 g/mol. The molecule has 1 aliphatic rings. The second-order valence-electron chi connectivity index (χ2n) is 7.11. The van der Waals surface area contributed by atoms with Gasteiger partial charge in [0, 0.05) is 19.5 Å². The lowest BCUT2D eigenvalue weighted by Gasteiger charge is -2.21. The Bertz CT molecular complexity index is 820. The smallest absolute Gasteiger partial charge is 0.238 e. The normalized spacial score (nSPS) is 13.8. The molecule has 6 heteroatoms. The van der Waals surface area contributed by atoms with Crippen LogP contribution in [-0.2, 0) is 9.59 Å². The molecule has 1 aliphatic heterocycles. The fourth-order valence-corrected chi connectivity index (χ4v) is 3.19. The first-order chi connectivity index (χ1) is 13.5. The Kier molecular flexibility index (Phi) is 6.66. The van der Waals surface area contributed by atoms with Gasteiger partial charge in [-0.2, -0.15) is 0 Å². The SMILES string of the molecule is Cc1ccc(OCCN(C)CC(=O)Nc2ccccc2N2CCCC2=O)cc1. The molecule has 0 aliphatic carbocycles. The minimum absolute atomic E-state index is 0.104. The lowest BCUT2D eigenvalue weighted by molar-refractivity contribution is -0.118. The van der Waals surface area contributed by atoms with Gasteiger partial charge in [-0.25, -0.2) is 0 Å².